The number of benzene rings is 2. The van der Waals surface area contributed by atoms with Crippen LogP contribution in [0.15, 0.2) is 72.9 Å². The van der Waals surface area contributed by atoms with Crippen molar-refractivity contribution in [3.8, 4) is 5.75 Å². The lowest BCUT2D eigenvalue weighted by Crippen LogP contribution is -2.37. The van der Waals surface area contributed by atoms with E-state index in [4.69, 9.17) is 4.74 Å². The first kappa shape index (κ1) is 21.2. The molecule has 4 rings (SSSR count). The number of hydrogen-bond acceptors (Lipinski definition) is 2. The van der Waals surface area contributed by atoms with E-state index < -0.39 is 0 Å². The number of nitrogens with zero attached hydrogens (tertiary/aromatic N) is 2. The number of rotatable bonds is 5. The van der Waals surface area contributed by atoms with Gasteiger partial charge in [0.15, 0.2) is 0 Å². The smallest absolute Gasteiger partial charge is 0.223 e. The third-order valence-corrected chi connectivity index (χ3v) is 5.70. The molecule has 0 aliphatic carbocycles. The third-order valence-electron chi connectivity index (χ3n) is 5.70. The van der Waals surface area contributed by atoms with Gasteiger partial charge < -0.3 is 14.2 Å². The Balaban J connectivity index is 1.58. The molecule has 162 valence electrons. The first-order valence-corrected chi connectivity index (χ1v) is 11.1. The molecule has 3 aromatic rings. The van der Waals surface area contributed by atoms with E-state index in [1.807, 2.05) is 30.3 Å². The molecule has 0 saturated heterocycles. The normalized spacial score (nSPS) is 16.5. The SMILES string of the molecule is CC(C)(C)CC(=O)N1CCCn2cccc2[C@@H]1c1ccc(OCc2ccccc2)cc1. The molecule has 2 heterocycles. The fourth-order valence-electron chi connectivity index (χ4n) is 4.24. The molecular formula is C27H32N2O2. The lowest BCUT2D eigenvalue weighted by Gasteiger charge is -2.33. The topological polar surface area (TPSA) is 34.5 Å². The Morgan fingerprint density at radius 3 is 2.42 bits per heavy atom. The summed E-state index contributed by atoms with van der Waals surface area (Å²) in [5.41, 5.74) is 3.41. The fraction of sp³-hybridized carbons (Fsp3) is 0.370. The predicted molar refractivity (Wildman–Crippen MR) is 124 cm³/mol. The van der Waals surface area contributed by atoms with E-state index in [1.54, 1.807) is 0 Å². The first-order chi connectivity index (χ1) is 14.9. The van der Waals surface area contributed by atoms with Crippen LogP contribution in [-0.2, 0) is 17.9 Å². The van der Waals surface area contributed by atoms with Gasteiger partial charge in [-0.05, 0) is 47.2 Å². The lowest BCUT2D eigenvalue weighted by atomic mass is 9.90. The summed E-state index contributed by atoms with van der Waals surface area (Å²) in [5, 5.41) is 0. The molecule has 4 heteroatoms. The van der Waals surface area contributed by atoms with Crippen molar-refractivity contribution in [2.45, 2.75) is 52.8 Å². The molecule has 0 N–H and O–H groups in total. The molecule has 31 heavy (non-hydrogen) atoms. The monoisotopic (exact) mass is 416 g/mol. The van der Waals surface area contributed by atoms with Crippen molar-refractivity contribution in [1.82, 2.24) is 9.47 Å². The predicted octanol–water partition coefficient (Wildman–Crippen LogP) is 5.83. The molecular weight excluding hydrogens is 384 g/mol. The Morgan fingerprint density at radius 2 is 1.71 bits per heavy atom. The van der Waals surface area contributed by atoms with Crippen molar-refractivity contribution in [3.63, 3.8) is 0 Å². The maximum absolute atomic E-state index is 13.3. The summed E-state index contributed by atoms with van der Waals surface area (Å²) < 4.78 is 8.25. The maximum Gasteiger partial charge on any atom is 0.223 e. The van der Waals surface area contributed by atoms with E-state index in [0.29, 0.717) is 13.0 Å². The lowest BCUT2D eigenvalue weighted by molar-refractivity contribution is -0.134. The van der Waals surface area contributed by atoms with Gasteiger partial charge in [0.2, 0.25) is 5.91 Å². The highest BCUT2D eigenvalue weighted by atomic mass is 16.5. The number of carbonyl (C=O) groups excluding carboxylic acids is 1. The van der Waals surface area contributed by atoms with Crippen molar-refractivity contribution in [2.24, 2.45) is 5.41 Å². The standard InChI is InChI=1S/C27H32N2O2/c1-27(2,3)19-25(30)29-18-8-17-28-16-7-11-24(28)26(29)22-12-14-23(15-13-22)31-20-21-9-5-4-6-10-21/h4-7,9-16,26H,8,17-20H2,1-3H3/t26-/m0/s1. The number of aromatic nitrogens is 1. The Labute approximate surface area is 185 Å². The molecule has 0 saturated carbocycles. The van der Waals surface area contributed by atoms with Gasteiger partial charge in [-0.25, -0.2) is 0 Å². The Hall–Kier alpha value is -3.01. The minimum atomic E-state index is -0.0736. The summed E-state index contributed by atoms with van der Waals surface area (Å²) in [6.45, 7) is 8.63. The molecule has 1 atom stereocenters. The summed E-state index contributed by atoms with van der Waals surface area (Å²) in [5.74, 6) is 1.06. The highest BCUT2D eigenvalue weighted by Gasteiger charge is 2.32. The van der Waals surface area contributed by atoms with Crippen molar-refractivity contribution in [1.29, 1.82) is 0 Å². The quantitative estimate of drug-likeness (QED) is 0.525. The van der Waals surface area contributed by atoms with Crippen molar-refractivity contribution in [3.05, 3.63) is 89.7 Å². The molecule has 1 aromatic heterocycles. The highest BCUT2D eigenvalue weighted by Crippen LogP contribution is 2.34. The molecule has 0 fully saturated rings. The molecule has 1 amide bonds. The zero-order valence-electron chi connectivity index (χ0n) is 18.8. The van der Waals surface area contributed by atoms with Gasteiger partial charge in [-0.2, -0.15) is 0 Å². The molecule has 1 aliphatic heterocycles. The van der Waals surface area contributed by atoms with Crippen LogP contribution < -0.4 is 4.74 Å². The molecule has 0 bridgehead atoms. The largest absolute Gasteiger partial charge is 0.489 e. The van der Waals surface area contributed by atoms with Crippen LogP contribution in [0.1, 0.15) is 56.5 Å². The summed E-state index contributed by atoms with van der Waals surface area (Å²) in [4.78, 5) is 15.4. The third kappa shape index (κ3) is 5.19. The zero-order chi connectivity index (χ0) is 21.8. The number of aryl methyl sites for hydroxylation is 1. The number of fused-ring (bicyclic) bond motifs is 1. The molecule has 0 spiro atoms. The Bertz CT molecular complexity index is 1000. The van der Waals surface area contributed by atoms with Crippen molar-refractivity contribution < 1.29 is 9.53 Å². The van der Waals surface area contributed by atoms with Gasteiger partial charge in [0, 0.05) is 31.4 Å². The second-order valence-corrected chi connectivity index (χ2v) is 9.55. The summed E-state index contributed by atoms with van der Waals surface area (Å²) in [6, 6.07) is 22.6. The van der Waals surface area contributed by atoms with Gasteiger partial charge in [0.05, 0.1) is 6.04 Å². The molecule has 0 unspecified atom stereocenters. The first-order valence-electron chi connectivity index (χ1n) is 11.1. The number of carbonyl (C=O) groups is 1. The Kier molecular flexibility index (Phi) is 6.17. The molecule has 1 aliphatic rings. The van der Waals surface area contributed by atoms with Gasteiger partial charge in [-0.3, -0.25) is 4.79 Å². The van der Waals surface area contributed by atoms with Crippen LogP contribution in [0.5, 0.6) is 5.75 Å². The van der Waals surface area contributed by atoms with Gasteiger partial charge in [-0.1, -0.05) is 63.2 Å². The second kappa shape index (κ2) is 9.01. The summed E-state index contributed by atoms with van der Waals surface area (Å²) in [7, 11) is 0. The van der Waals surface area contributed by atoms with E-state index in [2.05, 4.69) is 72.8 Å². The second-order valence-electron chi connectivity index (χ2n) is 9.55. The van der Waals surface area contributed by atoms with Crippen LogP contribution >= 0.6 is 0 Å². The van der Waals surface area contributed by atoms with Crippen LogP contribution in [0.3, 0.4) is 0 Å². The van der Waals surface area contributed by atoms with Gasteiger partial charge in [-0.15, -0.1) is 0 Å². The van der Waals surface area contributed by atoms with Gasteiger partial charge in [0.25, 0.3) is 0 Å². The number of ether oxygens (including phenoxy) is 1. The van der Waals surface area contributed by atoms with E-state index in [0.717, 1.165) is 36.4 Å². The van der Waals surface area contributed by atoms with Crippen LogP contribution in [-0.4, -0.2) is 21.9 Å². The van der Waals surface area contributed by atoms with Crippen molar-refractivity contribution >= 4 is 5.91 Å². The average Bonchev–Trinajstić information content (AvgIpc) is 3.12. The summed E-state index contributed by atoms with van der Waals surface area (Å²) in [6.07, 6.45) is 3.63. The zero-order valence-corrected chi connectivity index (χ0v) is 18.8. The van der Waals surface area contributed by atoms with Gasteiger partial charge in [0.1, 0.15) is 12.4 Å². The van der Waals surface area contributed by atoms with E-state index in [-0.39, 0.29) is 17.4 Å². The number of amides is 1. The van der Waals surface area contributed by atoms with Gasteiger partial charge >= 0.3 is 0 Å². The van der Waals surface area contributed by atoms with E-state index in [9.17, 15) is 4.79 Å². The highest BCUT2D eigenvalue weighted by molar-refractivity contribution is 5.78. The molecule has 4 nitrogen and oxygen atoms in total. The van der Waals surface area contributed by atoms with Crippen molar-refractivity contribution in [2.75, 3.05) is 6.54 Å². The number of hydrogen-bond donors (Lipinski definition) is 0. The van der Waals surface area contributed by atoms with E-state index >= 15 is 0 Å². The van der Waals surface area contributed by atoms with Crippen LogP contribution in [0.4, 0.5) is 0 Å². The maximum atomic E-state index is 13.3. The summed E-state index contributed by atoms with van der Waals surface area (Å²) >= 11 is 0. The van der Waals surface area contributed by atoms with Crippen LogP contribution in [0, 0.1) is 5.41 Å². The minimum Gasteiger partial charge on any atom is -0.489 e. The Morgan fingerprint density at radius 1 is 0.968 bits per heavy atom. The average molecular weight is 417 g/mol. The molecule has 2 aromatic carbocycles. The van der Waals surface area contributed by atoms with Crippen LogP contribution in [0.25, 0.3) is 0 Å². The minimum absolute atomic E-state index is 0.0366. The van der Waals surface area contributed by atoms with E-state index in [1.165, 1.54) is 5.69 Å². The fourth-order valence-corrected chi connectivity index (χ4v) is 4.24. The van der Waals surface area contributed by atoms with Crippen LogP contribution in [0.2, 0.25) is 0 Å². The molecule has 0 radical (unpaired) electrons.